The quantitative estimate of drug-likeness (QED) is 0.797. The Morgan fingerprint density at radius 3 is 2.35 bits per heavy atom. The minimum Gasteiger partial charge on any atom is -0.333 e. The largest absolute Gasteiger partial charge is 0.333 e. The minimum atomic E-state index is 0.178. The Bertz CT molecular complexity index is 701. The molecule has 0 unspecified atom stereocenters. The number of rotatable bonds is 2. The first-order valence-corrected chi connectivity index (χ1v) is 8.71. The molecule has 1 fully saturated rings. The molecule has 1 aliphatic carbocycles. The zero-order valence-electron chi connectivity index (χ0n) is 13.5. The second-order valence-corrected chi connectivity index (χ2v) is 7.03. The molecule has 0 bridgehead atoms. The highest BCUT2D eigenvalue weighted by atomic mass is 16.2. The molecule has 0 aromatic heterocycles. The van der Waals surface area contributed by atoms with Crippen molar-refractivity contribution in [1.82, 2.24) is 4.90 Å². The summed E-state index contributed by atoms with van der Waals surface area (Å²) < 4.78 is 0. The molecule has 23 heavy (non-hydrogen) atoms. The average Bonchev–Trinajstić information content (AvgIpc) is 2.61. The maximum Gasteiger partial charge on any atom is 0.254 e. The van der Waals surface area contributed by atoms with Gasteiger partial charge in [0.2, 0.25) is 0 Å². The molecule has 2 heteroatoms. The monoisotopic (exact) mass is 305 g/mol. The Kier molecular flexibility index (Phi) is 3.68. The lowest BCUT2D eigenvalue weighted by Gasteiger charge is -2.46. The number of hydrogen-bond acceptors (Lipinski definition) is 1. The highest BCUT2D eigenvalue weighted by Crippen LogP contribution is 2.44. The van der Waals surface area contributed by atoms with Gasteiger partial charge in [-0.1, -0.05) is 67.8 Å². The standard InChI is InChI=1S/C21H23NO/c23-20-18-11-5-6-12-19(18)21(13-7-2-8-14-21)16-22(20)15-17-9-3-1-4-10-17/h1,3-6,9-12H,2,7-8,13-16H2. The van der Waals surface area contributed by atoms with Crippen LogP contribution >= 0.6 is 0 Å². The highest BCUT2D eigenvalue weighted by Gasteiger charge is 2.43. The van der Waals surface area contributed by atoms with Crippen molar-refractivity contribution in [2.75, 3.05) is 6.54 Å². The zero-order valence-corrected chi connectivity index (χ0v) is 13.5. The van der Waals surface area contributed by atoms with Crippen molar-refractivity contribution in [2.24, 2.45) is 0 Å². The highest BCUT2D eigenvalue weighted by molar-refractivity contribution is 5.97. The maximum atomic E-state index is 13.0. The van der Waals surface area contributed by atoms with Gasteiger partial charge in [0.25, 0.3) is 5.91 Å². The van der Waals surface area contributed by atoms with E-state index in [9.17, 15) is 4.79 Å². The van der Waals surface area contributed by atoms with Crippen molar-refractivity contribution >= 4 is 5.91 Å². The van der Waals surface area contributed by atoms with Gasteiger partial charge >= 0.3 is 0 Å². The molecular formula is C21H23NO. The van der Waals surface area contributed by atoms with Gasteiger partial charge in [-0.05, 0) is 30.0 Å². The van der Waals surface area contributed by atoms with Gasteiger partial charge in [-0.15, -0.1) is 0 Å². The van der Waals surface area contributed by atoms with E-state index in [0.717, 1.165) is 18.7 Å². The summed E-state index contributed by atoms with van der Waals surface area (Å²) in [7, 11) is 0. The van der Waals surface area contributed by atoms with Crippen molar-refractivity contribution < 1.29 is 4.79 Å². The minimum absolute atomic E-state index is 0.178. The van der Waals surface area contributed by atoms with Gasteiger partial charge in [0.05, 0.1) is 0 Å². The third-order valence-corrected chi connectivity index (χ3v) is 5.54. The van der Waals surface area contributed by atoms with E-state index >= 15 is 0 Å². The molecule has 1 heterocycles. The van der Waals surface area contributed by atoms with E-state index in [-0.39, 0.29) is 11.3 Å². The van der Waals surface area contributed by atoms with Crippen molar-refractivity contribution in [3.05, 3.63) is 71.3 Å². The maximum absolute atomic E-state index is 13.0. The van der Waals surface area contributed by atoms with Gasteiger partial charge < -0.3 is 4.90 Å². The fourth-order valence-electron chi connectivity index (χ4n) is 4.41. The molecular weight excluding hydrogens is 282 g/mol. The van der Waals surface area contributed by atoms with Crippen LogP contribution in [0.1, 0.15) is 53.6 Å². The third kappa shape index (κ3) is 2.56. The van der Waals surface area contributed by atoms with E-state index in [1.807, 2.05) is 30.3 Å². The zero-order chi connectivity index (χ0) is 15.7. The molecule has 0 atom stereocenters. The predicted molar refractivity (Wildman–Crippen MR) is 92.4 cm³/mol. The second-order valence-electron chi connectivity index (χ2n) is 7.03. The van der Waals surface area contributed by atoms with Crippen LogP contribution in [-0.4, -0.2) is 17.4 Å². The summed E-state index contributed by atoms with van der Waals surface area (Å²) >= 11 is 0. The fraction of sp³-hybridized carbons (Fsp3) is 0.381. The Balaban J connectivity index is 1.72. The topological polar surface area (TPSA) is 20.3 Å². The number of carbonyl (C=O) groups excluding carboxylic acids is 1. The Morgan fingerprint density at radius 2 is 1.57 bits per heavy atom. The van der Waals surface area contributed by atoms with Crippen LogP contribution in [0.25, 0.3) is 0 Å². The van der Waals surface area contributed by atoms with E-state index in [2.05, 4.69) is 29.2 Å². The van der Waals surface area contributed by atoms with E-state index in [4.69, 9.17) is 0 Å². The van der Waals surface area contributed by atoms with Gasteiger partial charge in [-0.2, -0.15) is 0 Å². The van der Waals surface area contributed by atoms with E-state index in [1.54, 1.807) is 0 Å². The molecule has 2 aromatic rings. The summed E-state index contributed by atoms with van der Waals surface area (Å²) in [5.41, 5.74) is 3.62. The van der Waals surface area contributed by atoms with Gasteiger partial charge in [0.1, 0.15) is 0 Å². The van der Waals surface area contributed by atoms with Gasteiger partial charge in [0, 0.05) is 24.1 Å². The van der Waals surface area contributed by atoms with Crippen LogP contribution in [0.4, 0.5) is 0 Å². The lowest BCUT2D eigenvalue weighted by Crippen LogP contribution is -2.50. The first kappa shape index (κ1) is 14.5. The van der Waals surface area contributed by atoms with Crippen LogP contribution in [-0.2, 0) is 12.0 Å². The smallest absolute Gasteiger partial charge is 0.254 e. The summed E-state index contributed by atoms with van der Waals surface area (Å²) in [6, 6.07) is 18.7. The summed E-state index contributed by atoms with van der Waals surface area (Å²) in [5.74, 6) is 0.195. The van der Waals surface area contributed by atoms with Gasteiger partial charge in [-0.3, -0.25) is 4.79 Å². The molecule has 2 nitrogen and oxygen atoms in total. The number of hydrogen-bond donors (Lipinski definition) is 0. The molecule has 1 saturated carbocycles. The van der Waals surface area contributed by atoms with Gasteiger partial charge in [-0.25, -0.2) is 0 Å². The first-order valence-electron chi connectivity index (χ1n) is 8.71. The Hall–Kier alpha value is -2.09. The van der Waals surface area contributed by atoms with E-state index in [1.165, 1.54) is 43.2 Å². The van der Waals surface area contributed by atoms with Crippen LogP contribution in [0.2, 0.25) is 0 Å². The predicted octanol–water partition coefficient (Wildman–Crippen LogP) is 4.54. The van der Waals surface area contributed by atoms with Crippen molar-refractivity contribution in [3.8, 4) is 0 Å². The SMILES string of the molecule is O=C1c2ccccc2C2(CCCCC2)CN1Cc1ccccc1. The summed E-state index contributed by atoms with van der Waals surface area (Å²) in [6.07, 6.45) is 6.31. The molecule has 4 rings (SSSR count). The lowest BCUT2D eigenvalue weighted by atomic mass is 9.66. The molecule has 118 valence electrons. The molecule has 0 N–H and O–H groups in total. The van der Waals surface area contributed by atoms with Crippen molar-refractivity contribution in [3.63, 3.8) is 0 Å². The van der Waals surface area contributed by atoms with Crippen molar-refractivity contribution in [1.29, 1.82) is 0 Å². The van der Waals surface area contributed by atoms with E-state index in [0.29, 0.717) is 0 Å². The fourth-order valence-corrected chi connectivity index (χ4v) is 4.41. The molecule has 2 aliphatic rings. The molecule has 1 amide bonds. The molecule has 1 aliphatic heterocycles. The summed E-state index contributed by atoms with van der Waals surface area (Å²) in [5, 5.41) is 0. The molecule has 1 spiro atoms. The van der Waals surface area contributed by atoms with Crippen LogP contribution in [0.5, 0.6) is 0 Å². The normalized spacial score (nSPS) is 19.7. The van der Waals surface area contributed by atoms with Crippen molar-refractivity contribution in [2.45, 2.75) is 44.1 Å². The Morgan fingerprint density at radius 1 is 0.870 bits per heavy atom. The van der Waals surface area contributed by atoms with Crippen LogP contribution < -0.4 is 0 Å². The van der Waals surface area contributed by atoms with Crippen LogP contribution in [0.15, 0.2) is 54.6 Å². The van der Waals surface area contributed by atoms with Crippen LogP contribution in [0, 0.1) is 0 Å². The number of benzene rings is 2. The number of nitrogens with zero attached hydrogens (tertiary/aromatic N) is 1. The number of carbonyl (C=O) groups is 1. The number of amides is 1. The second kappa shape index (κ2) is 5.84. The molecule has 0 saturated heterocycles. The van der Waals surface area contributed by atoms with Crippen LogP contribution in [0.3, 0.4) is 0 Å². The summed E-state index contributed by atoms with van der Waals surface area (Å²) in [4.78, 5) is 15.0. The average molecular weight is 305 g/mol. The first-order chi connectivity index (χ1) is 11.3. The van der Waals surface area contributed by atoms with Gasteiger partial charge in [0.15, 0.2) is 0 Å². The number of fused-ring (bicyclic) bond motifs is 2. The molecule has 0 radical (unpaired) electrons. The third-order valence-electron chi connectivity index (χ3n) is 5.54. The molecule has 2 aromatic carbocycles. The lowest BCUT2D eigenvalue weighted by molar-refractivity contribution is 0.0619. The Labute approximate surface area is 138 Å². The van der Waals surface area contributed by atoms with E-state index < -0.39 is 0 Å². The summed E-state index contributed by atoms with van der Waals surface area (Å²) in [6.45, 7) is 1.59.